The van der Waals surface area contributed by atoms with Gasteiger partial charge < -0.3 is 20.3 Å². The molecule has 4 rings (SSSR count). The number of aromatic nitrogens is 1. The van der Waals surface area contributed by atoms with Crippen LogP contribution in [0.5, 0.6) is 0 Å². The van der Waals surface area contributed by atoms with E-state index in [4.69, 9.17) is 5.11 Å². The third-order valence-corrected chi connectivity index (χ3v) is 6.26. The van der Waals surface area contributed by atoms with Gasteiger partial charge in [0.25, 0.3) is 5.91 Å². The standard InChI is InChI=1S/C29H31N3O3/c1-19-4-11-27-25(14-19)26(18-32(27)17-23-6-5-20(2)21(3)15-23)29(35)31-24-9-7-22(8-10-24)16-30-13-12-28(33)34/h4-11,14-15,18,30H,12-13,16-17H2,1-3H3,(H,31,35)(H,33,34). The van der Waals surface area contributed by atoms with E-state index in [0.29, 0.717) is 30.9 Å². The van der Waals surface area contributed by atoms with Gasteiger partial charge in [0.05, 0.1) is 12.0 Å². The van der Waals surface area contributed by atoms with Crippen LogP contribution in [0.2, 0.25) is 0 Å². The van der Waals surface area contributed by atoms with E-state index in [1.54, 1.807) is 0 Å². The average Bonchev–Trinajstić information content (AvgIpc) is 3.17. The highest BCUT2D eigenvalue weighted by molar-refractivity contribution is 6.13. The highest BCUT2D eigenvalue weighted by Gasteiger charge is 2.16. The molecular formula is C29H31N3O3. The zero-order valence-electron chi connectivity index (χ0n) is 20.4. The molecule has 0 bridgehead atoms. The maximum atomic E-state index is 13.3. The lowest BCUT2D eigenvalue weighted by Gasteiger charge is -2.08. The van der Waals surface area contributed by atoms with Crippen molar-refractivity contribution in [1.29, 1.82) is 0 Å². The van der Waals surface area contributed by atoms with E-state index in [1.807, 2.05) is 37.4 Å². The molecule has 35 heavy (non-hydrogen) atoms. The zero-order valence-corrected chi connectivity index (χ0v) is 20.4. The van der Waals surface area contributed by atoms with Crippen LogP contribution in [0, 0.1) is 20.8 Å². The van der Waals surface area contributed by atoms with Gasteiger partial charge in [-0.3, -0.25) is 9.59 Å². The van der Waals surface area contributed by atoms with Gasteiger partial charge in [-0.05, 0) is 67.3 Å². The van der Waals surface area contributed by atoms with E-state index < -0.39 is 5.97 Å². The second-order valence-electron chi connectivity index (χ2n) is 9.08. The summed E-state index contributed by atoms with van der Waals surface area (Å²) in [6.07, 6.45) is 2.03. The quantitative estimate of drug-likeness (QED) is 0.285. The Bertz CT molecular complexity index is 1370. The summed E-state index contributed by atoms with van der Waals surface area (Å²) in [5.74, 6) is -0.965. The third-order valence-electron chi connectivity index (χ3n) is 6.26. The summed E-state index contributed by atoms with van der Waals surface area (Å²) >= 11 is 0. The van der Waals surface area contributed by atoms with Crippen LogP contribution in [0.3, 0.4) is 0 Å². The zero-order chi connectivity index (χ0) is 24.9. The maximum absolute atomic E-state index is 13.3. The van der Waals surface area contributed by atoms with Crippen LogP contribution >= 0.6 is 0 Å². The van der Waals surface area contributed by atoms with Crippen molar-refractivity contribution >= 4 is 28.5 Å². The van der Waals surface area contributed by atoms with Crippen molar-refractivity contribution in [1.82, 2.24) is 9.88 Å². The Morgan fingerprint density at radius 1 is 0.886 bits per heavy atom. The number of carbonyl (C=O) groups excluding carboxylic acids is 1. The number of aryl methyl sites for hydroxylation is 3. The fourth-order valence-electron chi connectivity index (χ4n) is 4.15. The first kappa shape index (κ1) is 24.2. The van der Waals surface area contributed by atoms with Gasteiger partial charge in [0.1, 0.15) is 0 Å². The first-order valence-electron chi connectivity index (χ1n) is 11.8. The molecule has 0 aliphatic carbocycles. The van der Waals surface area contributed by atoms with Crippen LogP contribution in [-0.2, 0) is 17.9 Å². The molecule has 0 radical (unpaired) electrons. The van der Waals surface area contributed by atoms with E-state index in [2.05, 4.69) is 65.4 Å². The SMILES string of the molecule is Cc1ccc2c(c1)c(C(=O)Nc1ccc(CNCCC(=O)O)cc1)cn2Cc1ccc(C)c(C)c1. The Kier molecular flexibility index (Phi) is 7.32. The fraction of sp³-hybridized carbons (Fsp3) is 0.241. The molecule has 6 nitrogen and oxygen atoms in total. The Morgan fingerprint density at radius 2 is 1.63 bits per heavy atom. The summed E-state index contributed by atoms with van der Waals surface area (Å²) in [5.41, 5.74) is 8.24. The molecule has 4 aromatic rings. The molecule has 1 amide bonds. The van der Waals surface area contributed by atoms with Crippen LogP contribution in [-0.4, -0.2) is 28.1 Å². The number of fused-ring (bicyclic) bond motifs is 1. The number of carbonyl (C=O) groups is 2. The van der Waals surface area contributed by atoms with Crippen LogP contribution in [0.15, 0.2) is 66.9 Å². The number of anilines is 1. The third kappa shape index (κ3) is 5.97. The molecule has 3 aromatic carbocycles. The lowest BCUT2D eigenvalue weighted by atomic mass is 10.1. The number of hydrogen-bond donors (Lipinski definition) is 3. The molecule has 0 saturated carbocycles. The van der Waals surface area contributed by atoms with Gasteiger partial charge in [0.15, 0.2) is 0 Å². The van der Waals surface area contributed by atoms with E-state index in [1.165, 1.54) is 16.7 Å². The first-order chi connectivity index (χ1) is 16.8. The van der Waals surface area contributed by atoms with Crippen LogP contribution in [0.1, 0.15) is 44.6 Å². The second-order valence-corrected chi connectivity index (χ2v) is 9.08. The summed E-state index contributed by atoms with van der Waals surface area (Å²) in [6, 6.07) is 20.3. The van der Waals surface area contributed by atoms with Gasteiger partial charge in [-0.2, -0.15) is 0 Å². The van der Waals surface area contributed by atoms with Gasteiger partial charge >= 0.3 is 5.97 Å². The van der Waals surface area contributed by atoms with Gasteiger partial charge in [-0.15, -0.1) is 0 Å². The minimum Gasteiger partial charge on any atom is -0.481 e. The summed E-state index contributed by atoms with van der Waals surface area (Å²) < 4.78 is 2.14. The number of nitrogens with one attached hydrogen (secondary N) is 2. The molecule has 3 N–H and O–H groups in total. The molecular weight excluding hydrogens is 438 g/mol. The highest BCUT2D eigenvalue weighted by atomic mass is 16.4. The van der Waals surface area contributed by atoms with E-state index in [0.717, 1.165) is 22.0 Å². The lowest BCUT2D eigenvalue weighted by molar-refractivity contribution is -0.136. The lowest BCUT2D eigenvalue weighted by Crippen LogP contribution is -2.17. The Hall–Kier alpha value is -3.90. The molecule has 0 fully saturated rings. The number of carboxylic acid groups (broad SMARTS) is 1. The molecule has 180 valence electrons. The van der Waals surface area contributed by atoms with Gasteiger partial charge in [-0.1, -0.05) is 42.0 Å². The number of amides is 1. The molecule has 0 saturated heterocycles. The predicted molar refractivity (Wildman–Crippen MR) is 140 cm³/mol. The summed E-state index contributed by atoms with van der Waals surface area (Å²) in [5, 5.41) is 15.8. The minimum atomic E-state index is -0.818. The summed E-state index contributed by atoms with van der Waals surface area (Å²) in [7, 11) is 0. The monoisotopic (exact) mass is 469 g/mol. The Labute approximate surface area is 205 Å². The number of aliphatic carboxylic acids is 1. The van der Waals surface area contributed by atoms with E-state index in [-0.39, 0.29) is 12.3 Å². The normalized spacial score (nSPS) is 11.1. The summed E-state index contributed by atoms with van der Waals surface area (Å²) in [4.78, 5) is 23.9. The highest BCUT2D eigenvalue weighted by Crippen LogP contribution is 2.25. The second kappa shape index (κ2) is 10.6. The smallest absolute Gasteiger partial charge is 0.304 e. The predicted octanol–water partition coefficient (Wildman–Crippen LogP) is 5.43. The van der Waals surface area contributed by atoms with Crippen LogP contribution in [0.25, 0.3) is 10.9 Å². The maximum Gasteiger partial charge on any atom is 0.304 e. The molecule has 0 spiro atoms. The van der Waals surface area contributed by atoms with Crippen molar-refractivity contribution < 1.29 is 14.7 Å². The van der Waals surface area contributed by atoms with Crippen molar-refractivity contribution in [2.45, 2.75) is 40.3 Å². The van der Waals surface area contributed by atoms with E-state index in [9.17, 15) is 9.59 Å². The number of hydrogen-bond acceptors (Lipinski definition) is 3. The molecule has 1 heterocycles. The number of benzene rings is 3. The largest absolute Gasteiger partial charge is 0.481 e. The van der Waals surface area contributed by atoms with Gasteiger partial charge in [0, 0.05) is 42.4 Å². The van der Waals surface area contributed by atoms with Crippen molar-refractivity contribution in [2.75, 3.05) is 11.9 Å². The topological polar surface area (TPSA) is 83.4 Å². The fourth-order valence-corrected chi connectivity index (χ4v) is 4.15. The molecule has 1 aromatic heterocycles. The molecule has 0 atom stereocenters. The van der Waals surface area contributed by atoms with Crippen molar-refractivity contribution in [3.63, 3.8) is 0 Å². The average molecular weight is 470 g/mol. The van der Waals surface area contributed by atoms with Gasteiger partial charge in [0.2, 0.25) is 0 Å². The van der Waals surface area contributed by atoms with Crippen molar-refractivity contribution in [2.24, 2.45) is 0 Å². The van der Waals surface area contributed by atoms with Crippen molar-refractivity contribution in [3.05, 3.63) is 100 Å². The van der Waals surface area contributed by atoms with Crippen molar-refractivity contribution in [3.8, 4) is 0 Å². The molecule has 0 unspecified atom stereocenters. The van der Waals surface area contributed by atoms with Crippen LogP contribution in [0.4, 0.5) is 5.69 Å². The van der Waals surface area contributed by atoms with Crippen LogP contribution < -0.4 is 10.6 Å². The Balaban J connectivity index is 1.51. The van der Waals surface area contributed by atoms with E-state index >= 15 is 0 Å². The number of nitrogens with zero attached hydrogens (tertiary/aromatic N) is 1. The number of carboxylic acids is 1. The Morgan fingerprint density at radius 3 is 2.34 bits per heavy atom. The summed E-state index contributed by atoms with van der Waals surface area (Å²) in [6.45, 7) is 7.94. The molecule has 0 aliphatic rings. The van der Waals surface area contributed by atoms with Gasteiger partial charge in [-0.25, -0.2) is 0 Å². The molecule has 6 heteroatoms. The molecule has 0 aliphatic heterocycles. The minimum absolute atomic E-state index is 0.0880. The first-order valence-corrected chi connectivity index (χ1v) is 11.8. The number of rotatable bonds is 9.